The van der Waals surface area contributed by atoms with Gasteiger partial charge in [0.15, 0.2) is 15.0 Å². The van der Waals surface area contributed by atoms with Crippen LogP contribution in [0.15, 0.2) is 23.4 Å². The molecule has 0 bridgehead atoms. The molecule has 6 nitrogen and oxygen atoms in total. The molecule has 1 fully saturated rings. The molecular weight excluding hydrogens is 394 g/mol. The zero-order valence-electron chi connectivity index (χ0n) is 14.7. The van der Waals surface area contributed by atoms with Gasteiger partial charge in [0, 0.05) is 17.1 Å². The van der Waals surface area contributed by atoms with Crippen LogP contribution in [-0.2, 0) is 14.6 Å². The third-order valence-electron chi connectivity index (χ3n) is 4.71. The molecule has 1 aliphatic rings. The van der Waals surface area contributed by atoms with Crippen LogP contribution in [0.2, 0.25) is 5.02 Å². The van der Waals surface area contributed by atoms with Gasteiger partial charge in [0.25, 0.3) is 0 Å². The zero-order valence-corrected chi connectivity index (χ0v) is 17.1. The normalized spacial score (nSPS) is 20.3. The maximum atomic E-state index is 12.8. The monoisotopic (exact) mass is 415 g/mol. The lowest BCUT2D eigenvalue weighted by molar-refractivity contribution is -0.132. The summed E-state index contributed by atoms with van der Waals surface area (Å²) in [5.41, 5.74) is 1.62. The molecule has 2 heterocycles. The number of carbonyl (C=O) groups excluding carboxylic acids is 1. The van der Waals surface area contributed by atoms with Crippen LogP contribution in [-0.4, -0.2) is 58.5 Å². The predicted octanol–water partition coefficient (Wildman–Crippen LogP) is 3.12. The molecule has 1 N–H and O–H groups in total. The van der Waals surface area contributed by atoms with E-state index in [1.54, 1.807) is 17.0 Å². The Morgan fingerprint density at radius 2 is 2.27 bits per heavy atom. The second-order valence-corrected chi connectivity index (χ2v) is 10.2. The number of carbonyl (C=O) groups is 1. The van der Waals surface area contributed by atoms with Gasteiger partial charge in [-0.15, -0.1) is 0 Å². The summed E-state index contributed by atoms with van der Waals surface area (Å²) in [4.78, 5) is 22.2. The second-order valence-electron chi connectivity index (χ2n) is 6.61. The Labute approximate surface area is 162 Å². The third-order valence-corrected chi connectivity index (χ3v) is 7.55. The number of nitrogens with one attached hydrogen (secondary N) is 1. The van der Waals surface area contributed by atoms with Crippen molar-refractivity contribution in [1.29, 1.82) is 0 Å². The van der Waals surface area contributed by atoms with Gasteiger partial charge in [-0.3, -0.25) is 4.79 Å². The van der Waals surface area contributed by atoms with E-state index < -0.39 is 9.84 Å². The van der Waals surface area contributed by atoms with Crippen molar-refractivity contribution in [1.82, 2.24) is 14.9 Å². The Morgan fingerprint density at radius 3 is 2.92 bits per heavy atom. The Balaban J connectivity index is 1.70. The molecule has 26 heavy (non-hydrogen) atoms. The number of aromatic amines is 1. The van der Waals surface area contributed by atoms with Crippen molar-refractivity contribution < 1.29 is 13.2 Å². The molecular formula is C17H22ClN3O3S2. The SMILES string of the molecule is CC[C@H](C)N(C(=O)CSc1nc2ccc(Cl)cc2[nH]1)[C@H]1CCS(=O)(=O)C1. The first-order chi connectivity index (χ1) is 12.3. The molecule has 1 aromatic carbocycles. The zero-order chi connectivity index (χ0) is 18.9. The molecule has 2 aromatic rings. The number of amides is 1. The molecule has 0 saturated carbocycles. The van der Waals surface area contributed by atoms with Crippen molar-refractivity contribution in [2.75, 3.05) is 17.3 Å². The number of halogens is 1. The fourth-order valence-corrected chi connectivity index (χ4v) is 5.87. The highest BCUT2D eigenvalue weighted by Gasteiger charge is 2.36. The van der Waals surface area contributed by atoms with Crippen molar-refractivity contribution >= 4 is 50.1 Å². The van der Waals surface area contributed by atoms with Gasteiger partial charge < -0.3 is 9.88 Å². The van der Waals surface area contributed by atoms with Crippen LogP contribution in [0.1, 0.15) is 26.7 Å². The first kappa shape index (κ1) is 19.5. The van der Waals surface area contributed by atoms with Crippen molar-refractivity contribution in [3.8, 4) is 0 Å². The quantitative estimate of drug-likeness (QED) is 0.733. The van der Waals surface area contributed by atoms with Gasteiger partial charge in [-0.05, 0) is 38.0 Å². The first-order valence-electron chi connectivity index (χ1n) is 8.58. The van der Waals surface area contributed by atoms with E-state index in [4.69, 9.17) is 11.6 Å². The van der Waals surface area contributed by atoms with E-state index in [1.165, 1.54) is 11.8 Å². The van der Waals surface area contributed by atoms with E-state index in [9.17, 15) is 13.2 Å². The van der Waals surface area contributed by atoms with Crippen LogP contribution in [0.5, 0.6) is 0 Å². The largest absolute Gasteiger partial charge is 0.335 e. The van der Waals surface area contributed by atoms with E-state index in [0.29, 0.717) is 16.6 Å². The highest BCUT2D eigenvalue weighted by molar-refractivity contribution is 7.99. The Bertz CT molecular complexity index is 913. The lowest BCUT2D eigenvalue weighted by Crippen LogP contribution is -2.47. The Hall–Kier alpha value is -1.25. The smallest absolute Gasteiger partial charge is 0.233 e. The van der Waals surface area contributed by atoms with E-state index >= 15 is 0 Å². The van der Waals surface area contributed by atoms with Gasteiger partial charge >= 0.3 is 0 Å². The molecule has 0 aliphatic carbocycles. The maximum Gasteiger partial charge on any atom is 0.233 e. The number of benzene rings is 1. The molecule has 1 aromatic heterocycles. The lowest BCUT2D eigenvalue weighted by Gasteiger charge is -2.33. The Morgan fingerprint density at radius 1 is 1.50 bits per heavy atom. The minimum atomic E-state index is -3.04. The van der Waals surface area contributed by atoms with Crippen LogP contribution in [0.4, 0.5) is 0 Å². The number of aromatic nitrogens is 2. The second kappa shape index (κ2) is 7.78. The predicted molar refractivity (Wildman–Crippen MR) is 105 cm³/mol. The minimum absolute atomic E-state index is 0.0101. The summed E-state index contributed by atoms with van der Waals surface area (Å²) in [6.07, 6.45) is 1.31. The third kappa shape index (κ3) is 4.35. The summed E-state index contributed by atoms with van der Waals surface area (Å²) < 4.78 is 23.6. The molecule has 0 spiro atoms. The summed E-state index contributed by atoms with van der Waals surface area (Å²) in [5.74, 6) is 0.394. The maximum absolute atomic E-state index is 12.8. The molecule has 0 unspecified atom stereocenters. The fraction of sp³-hybridized carbons (Fsp3) is 0.529. The highest BCUT2D eigenvalue weighted by atomic mass is 35.5. The van der Waals surface area contributed by atoms with Crippen LogP contribution >= 0.6 is 23.4 Å². The number of sulfone groups is 1. The summed E-state index contributed by atoms with van der Waals surface area (Å²) >= 11 is 7.30. The minimum Gasteiger partial charge on any atom is -0.335 e. The van der Waals surface area contributed by atoms with E-state index in [2.05, 4.69) is 9.97 Å². The molecule has 1 aliphatic heterocycles. The fourth-order valence-electron chi connectivity index (χ4n) is 3.23. The van der Waals surface area contributed by atoms with Crippen LogP contribution in [0, 0.1) is 0 Å². The van der Waals surface area contributed by atoms with Gasteiger partial charge in [-0.2, -0.15) is 0 Å². The number of imidazole rings is 1. The van der Waals surface area contributed by atoms with Crippen molar-refractivity contribution in [3.05, 3.63) is 23.2 Å². The number of fused-ring (bicyclic) bond motifs is 1. The van der Waals surface area contributed by atoms with E-state index in [1.807, 2.05) is 19.9 Å². The number of thioether (sulfide) groups is 1. The molecule has 9 heteroatoms. The number of hydrogen-bond acceptors (Lipinski definition) is 5. The number of rotatable bonds is 6. The van der Waals surface area contributed by atoms with E-state index in [0.717, 1.165) is 17.5 Å². The van der Waals surface area contributed by atoms with Crippen LogP contribution in [0.3, 0.4) is 0 Å². The molecule has 2 atom stereocenters. The van der Waals surface area contributed by atoms with Gasteiger partial charge in [0.2, 0.25) is 5.91 Å². The van der Waals surface area contributed by atoms with Gasteiger partial charge in [0.1, 0.15) is 0 Å². The summed E-state index contributed by atoms with van der Waals surface area (Å²) in [7, 11) is -3.04. The standard InChI is InChI=1S/C17H22ClN3O3S2/c1-3-11(2)21(13-6-7-26(23,24)10-13)16(22)9-25-17-19-14-5-4-12(18)8-15(14)20-17/h4-5,8,11,13H,3,6-7,9-10H2,1-2H3,(H,19,20)/t11-,13-/m0/s1. The molecule has 1 amide bonds. The van der Waals surface area contributed by atoms with Crippen molar-refractivity contribution in [2.45, 2.75) is 43.9 Å². The molecule has 0 radical (unpaired) electrons. The van der Waals surface area contributed by atoms with E-state index in [-0.39, 0.29) is 35.2 Å². The van der Waals surface area contributed by atoms with Gasteiger partial charge in [-0.1, -0.05) is 30.3 Å². The molecule has 1 saturated heterocycles. The van der Waals surface area contributed by atoms with Gasteiger partial charge in [0.05, 0.1) is 28.3 Å². The average molecular weight is 416 g/mol. The number of H-pyrrole nitrogens is 1. The van der Waals surface area contributed by atoms with Crippen LogP contribution < -0.4 is 0 Å². The highest BCUT2D eigenvalue weighted by Crippen LogP contribution is 2.25. The number of nitrogens with zero attached hydrogens (tertiary/aromatic N) is 2. The number of hydrogen-bond donors (Lipinski definition) is 1. The first-order valence-corrected chi connectivity index (χ1v) is 11.8. The van der Waals surface area contributed by atoms with Crippen molar-refractivity contribution in [3.63, 3.8) is 0 Å². The molecule has 3 rings (SSSR count). The topological polar surface area (TPSA) is 83.1 Å². The average Bonchev–Trinajstić information content (AvgIpc) is 3.15. The lowest BCUT2D eigenvalue weighted by atomic mass is 10.1. The summed E-state index contributed by atoms with van der Waals surface area (Å²) in [6.45, 7) is 3.97. The summed E-state index contributed by atoms with van der Waals surface area (Å²) in [5, 5.41) is 1.28. The Kier molecular flexibility index (Phi) is 5.84. The van der Waals surface area contributed by atoms with Crippen LogP contribution in [0.25, 0.3) is 11.0 Å². The molecule has 142 valence electrons. The summed E-state index contributed by atoms with van der Waals surface area (Å²) in [6, 6.07) is 5.18. The van der Waals surface area contributed by atoms with Gasteiger partial charge in [-0.25, -0.2) is 13.4 Å². The van der Waals surface area contributed by atoms with Crippen molar-refractivity contribution in [2.24, 2.45) is 0 Å².